The number of amides is 1. The van der Waals surface area contributed by atoms with E-state index in [4.69, 9.17) is 0 Å². The van der Waals surface area contributed by atoms with Crippen LogP contribution in [0.15, 0.2) is 59.5 Å². The van der Waals surface area contributed by atoms with Crippen LogP contribution >= 0.6 is 0 Å². The molecule has 6 rings (SSSR count). The molecule has 9 heteroatoms. The lowest BCUT2D eigenvalue weighted by molar-refractivity contribution is 0.0950. The van der Waals surface area contributed by atoms with Crippen molar-refractivity contribution in [3.05, 3.63) is 60.2 Å². The van der Waals surface area contributed by atoms with Gasteiger partial charge in [-0.1, -0.05) is 36.8 Å². The Morgan fingerprint density at radius 1 is 0.976 bits per heavy atom. The molecule has 2 heterocycles. The molecule has 2 aromatic carbocycles. The maximum absolute atomic E-state index is 12.5. The Balaban J connectivity index is 1.07. The summed E-state index contributed by atoms with van der Waals surface area (Å²) in [6.07, 6.45) is 4.97. The van der Waals surface area contributed by atoms with Gasteiger partial charge in [-0.15, -0.1) is 0 Å². The predicted molar refractivity (Wildman–Crippen MR) is 158 cm³/mol. The van der Waals surface area contributed by atoms with Gasteiger partial charge in [0, 0.05) is 43.2 Å². The minimum absolute atomic E-state index is 0.0339. The molecule has 8 nitrogen and oxygen atoms in total. The van der Waals surface area contributed by atoms with Crippen LogP contribution < -0.4 is 10.2 Å². The number of hydrogen-bond acceptors (Lipinski definition) is 6. The number of piperidine rings is 1. The topological polar surface area (TPSA) is 114 Å². The van der Waals surface area contributed by atoms with Gasteiger partial charge in [-0.2, -0.15) is 5.26 Å². The zero-order valence-corrected chi connectivity index (χ0v) is 24.3. The van der Waals surface area contributed by atoms with Crippen LogP contribution in [0.4, 0.5) is 10.5 Å². The lowest BCUT2D eigenvalue weighted by Gasteiger charge is -2.48. The van der Waals surface area contributed by atoms with Gasteiger partial charge >= 0.3 is 6.09 Å². The summed E-state index contributed by atoms with van der Waals surface area (Å²) in [5.74, 6) is 0.708. The second-order valence-electron chi connectivity index (χ2n) is 12.5. The fraction of sp³-hybridized carbons (Fsp3) is 0.562. The molecule has 0 spiro atoms. The molecule has 2 aromatic rings. The van der Waals surface area contributed by atoms with E-state index >= 15 is 0 Å². The Labute approximate surface area is 243 Å². The maximum Gasteiger partial charge on any atom is 0.404 e. The Hall–Kier alpha value is -3.09. The summed E-state index contributed by atoms with van der Waals surface area (Å²) in [5.41, 5.74) is 1.40. The number of carbonyl (C=O) groups is 1. The molecule has 2 N–H and O–H groups in total. The quantitative estimate of drug-likeness (QED) is 0.446. The van der Waals surface area contributed by atoms with Crippen LogP contribution in [0.1, 0.15) is 50.5 Å². The first-order valence-electron chi connectivity index (χ1n) is 15.1. The zero-order valence-electron chi connectivity index (χ0n) is 23.5. The molecule has 2 saturated carbocycles. The lowest BCUT2D eigenvalue weighted by atomic mass is 9.59. The Kier molecular flexibility index (Phi) is 7.73. The molecule has 0 bridgehead atoms. The Morgan fingerprint density at radius 3 is 2.27 bits per heavy atom. The summed E-state index contributed by atoms with van der Waals surface area (Å²) in [5, 5.41) is 22.9. The second-order valence-corrected chi connectivity index (χ2v) is 14.8. The highest BCUT2D eigenvalue weighted by molar-refractivity contribution is 7.92. The number of nitriles is 1. The number of anilines is 1. The van der Waals surface area contributed by atoms with Crippen molar-refractivity contribution in [3.8, 4) is 6.07 Å². The largest absolute Gasteiger partial charge is 0.465 e. The van der Waals surface area contributed by atoms with E-state index in [0.29, 0.717) is 10.8 Å². The molecule has 0 aromatic heterocycles. The van der Waals surface area contributed by atoms with Crippen LogP contribution in [0.5, 0.6) is 0 Å². The third-order valence-electron chi connectivity index (χ3n) is 10.0. The molecule has 1 amide bonds. The number of carboxylic acid groups (broad SMARTS) is 1. The second kappa shape index (κ2) is 11.3. The first kappa shape index (κ1) is 28.0. The van der Waals surface area contributed by atoms with Crippen molar-refractivity contribution < 1.29 is 18.3 Å². The fourth-order valence-electron chi connectivity index (χ4n) is 7.79. The summed E-state index contributed by atoms with van der Waals surface area (Å²) in [4.78, 5) is 16.9. The zero-order chi connectivity index (χ0) is 28.6. The molecule has 1 unspecified atom stereocenters. The van der Waals surface area contributed by atoms with Gasteiger partial charge < -0.3 is 20.2 Å². The predicted octanol–water partition coefficient (Wildman–Crippen LogP) is 4.67. The van der Waals surface area contributed by atoms with Gasteiger partial charge in [-0.3, -0.25) is 0 Å². The standard InChI is InChI=1S/C32H40N4O4S/c33-22-32(24-5-2-1-3-6-24,29-7-4-8-30(29)34-31(37)38)25-15-17-35(18-16-25)19-23-20-36(21-23)26-9-11-27(12-10-26)41(39,40)28-13-14-28/h1-3,5-6,9-12,23,25,28-30,34H,4,7-8,13-21H2,(H,37,38)/t29-,30-,32?/m0/s1. The van der Waals surface area contributed by atoms with Crippen molar-refractivity contribution in [1.29, 1.82) is 5.26 Å². The van der Waals surface area contributed by atoms with Crippen LogP contribution in [0.2, 0.25) is 0 Å². The van der Waals surface area contributed by atoms with Gasteiger partial charge in [-0.25, -0.2) is 13.2 Å². The first-order valence-corrected chi connectivity index (χ1v) is 16.6. The van der Waals surface area contributed by atoms with Crippen molar-refractivity contribution in [3.63, 3.8) is 0 Å². The van der Waals surface area contributed by atoms with E-state index < -0.39 is 21.3 Å². The minimum Gasteiger partial charge on any atom is -0.465 e. The smallest absolute Gasteiger partial charge is 0.404 e. The molecule has 4 aliphatic rings. The SMILES string of the molecule is N#CC(c1ccccc1)(C1CCN(CC2CN(c3ccc(S(=O)(=O)C4CC4)cc3)C2)CC1)[C@H]1CCC[C@@H]1NC(=O)O. The summed E-state index contributed by atoms with van der Waals surface area (Å²) in [6, 6.07) is 20.1. The van der Waals surface area contributed by atoms with E-state index in [1.54, 1.807) is 12.1 Å². The third-order valence-corrected chi connectivity index (χ3v) is 12.3. The highest BCUT2D eigenvalue weighted by atomic mass is 32.2. The first-order chi connectivity index (χ1) is 19.8. The highest BCUT2D eigenvalue weighted by Gasteiger charge is 2.52. The Bertz CT molecular complexity index is 1380. The minimum atomic E-state index is -3.15. The number of benzene rings is 2. The van der Waals surface area contributed by atoms with Crippen LogP contribution in [0, 0.1) is 29.1 Å². The molecule has 0 radical (unpaired) electrons. The van der Waals surface area contributed by atoms with Crippen molar-refractivity contribution in [1.82, 2.24) is 10.2 Å². The third kappa shape index (κ3) is 5.44. The average molecular weight is 577 g/mol. The van der Waals surface area contributed by atoms with Crippen LogP contribution in [0.25, 0.3) is 0 Å². The van der Waals surface area contributed by atoms with Crippen molar-refractivity contribution >= 4 is 21.6 Å². The van der Waals surface area contributed by atoms with Crippen LogP contribution in [0.3, 0.4) is 0 Å². The van der Waals surface area contributed by atoms with Gasteiger partial charge in [-0.05, 0) is 87.4 Å². The van der Waals surface area contributed by atoms with Crippen LogP contribution in [-0.2, 0) is 15.3 Å². The summed E-state index contributed by atoms with van der Waals surface area (Å²) >= 11 is 0. The van der Waals surface area contributed by atoms with Gasteiger partial charge in [0.15, 0.2) is 9.84 Å². The van der Waals surface area contributed by atoms with Crippen molar-refractivity contribution in [2.24, 2.45) is 17.8 Å². The lowest BCUT2D eigenvalue weighted by Crippen LogP contribution is -2.55. The number of rotatable bonds is 9. The van der Waals surface area contributed by atoms with Crippen LogP contribution in [-0.4, -0.2) is 68.5 Å². The highest BCUT2D eigenvalue weighted by Crippen LogP contribution is 2.50. The van der Waals surface area contributed by atoms with Crippen molar-refractivity contribution in [2.75, 3.05) is 37.6 Å². The molecule has 3 atom stereocenters. The van der Waals surface area contributed by atoms with Gasteiger partial charge in [0.2, 0.25) is 0 Å². The molecule has 41 heavy (non-hydrogen) atoms. The van der Waals surface area contributed by atoms with Gasteiger partial charge in [0.25, 0.3) is 0 Å². The number of likely N-dealkylation sites (tertiary alicyclic amines) is 1. The summed E-state index contributed by atoms with van der Waals surface area (Å²) in [7, 11) is -3.15. The number of sulfone groups is 1. The Morgan fingerprint density at radius 2 is 1.66 bits per heavy atom. The number of hydrogen-bond donors (Lipinski definition) is 2. The molecule has 2 aliphatic carbocycles. The molecule has 218 valence electrons. The molecule has 2 saturated heterocycles. The summed E-state index contributed by atoms with van der Waals surface area (Å²) in [6.45, 7) is 4.83. The van der Waals surface area contributed by atoms with Gasteiger partial charge in [0.1, 0.15) is 0 Å². The molecule has 4 fully saturated rings. The van der Waals surface area contributed by atoms with Gasteiger partial charge in [0.05, 0.1) is 21.6 Å². The normalized spacial score (nSPS) is 25.7. The average Bonchev–Trinajstić information content (AvgIpc) is 3.74. The van der Waals surface area contributed by atoms with E-state index in [2.05, 4.69) is 33.3 Å². The van der Waals surface area contributed by atoms with E-state index in [-0.39, 0.29) is 23.1 Å². The van der Waals surface area contributed by atoms with E-state index in [0.717, 1.165) is 88.9 Å². The maximum atomic E-state index is 12.5. The fourth-order valence-corrected chi connectivity index (χ4v) is 9.45. The van der Waals surface area contributed by atoms with E-state index in [1.807, 2.05) is 30.3 Å². The number of nitrogens with one attached hydrogen (secondary N) is 1. The summed E-state index contributed by atoms with van der Waals surface area (Å²) < 4.78 is 25.0. The molecular formula is C32H40N4O4S. The van der Waals surface area contributed by atoms with Crippen molar-refractivity contribution in [2.45, 2.75) is 66.5 Å². The number of nitrogens with zero attached hydrogens (tertiary/aromatic N) is 3. The molecule has 2 aliphatic heterocycles. The molecular weight excluding hydrogens is 536 g/mol. The van der Waals surface area contributed by atoms with E-state index in [9.17, 15) is 23.6 Å². The van der Waals surface area contributed by atoms with E-state index in [1.165, 1.54) is 0 Å². The monoisotopic (exact) mass is 576 g/mol.